The minimum absolute atomic E-state index is 0. The fourth-order valence-corrected chi connectivity index (χ4v) is 10.7. The number of hydrogen-bond donors (Lipinski definition) is 15. The number of aliphatic hydroxyl groups is 8. The van der Waals surface area contributed by atoms with Crippen LogP contribution in [0.5, 0.6) is 17.2 Å². The number of amides is 8. The van der Waals surface area contributed by atoms with Gasteiger partial charge in [0.05, 0.1) is 37.4 Å². The molecule has 36 heteroatoms. The van der Waals surface area contributed by atoms with Crippen molar-refractivity contribution in [3.8, 4) is 39.8 Å². The molecule has 500 valence electrons. The van der Waals surface area contributed by atoms with Gasteiger partial charge in [0.2, 0.25) is 41.4 Å². The minimum Gasteiger partial charge on any atom is -0.716 e. The van der Waals surface area contributed by atoms with E-state index < -0.39 is 198 Å². The number of nitrogens with one attached hydrogen (secondary N) is 5. The first-order chi connectivity index (χ1) is 42.0. The first-order valence-corrected chi connectivity index (χ1v) is 29.4. The summed E-state index contributed by atoms with van der Waals surface area (Å²) in [6.45, 7) is 3.72. The maximum absolute atomic E-state index is 14.7. The third-order valence-corrected chi connectivity index (χ3v) is 15.6. The molecule has 15 atom stereocenters. The van der Waals surface area contributed by atoms with Crippen LogP contribution in [0, 0.1) is 5.92 Å². The number of aliphatic hydroxyl groups excluding tert-OH is 8. The van der Waals surface area contributed by atoms with Crippen LogP contribution in [-0.2, 0) is 44.0 Å². The van der Waals surface area contributed by atoms with Crippen LogP contribution >= 0.6 is 0 Å². The number of fused-ring (bicyclic) bond motifs is 2. The summed E-state index contributed by atoms with van der Waals surface area (Å²) in [7, 11) is -5.60. The first kappa shape index (κ1) is 77.0. The average molecular weight is 1330 g/mol. The second kappa shape index (κ2) is 33.4. The number of carbonyl (C=O) groups is 8. The number of rotatable bonds is 18. The van der Waals surface area contributed by atoms with Gasteiger partial charge >= 0.3 is 29.6 Å². The van der Waals surface area contributed by atoms with Crippen LogP contribution in [0.3, 0.4) is 0 Å². The van der Waals surface area contributed by atoms with E-state index in [0.29, 0.717) is 56.9 Å². The molecule has 3 saturated heterocycles. The molecule has 3 aromatic carbocycles. The van der Waals surface area contributed by atoms with E-state index in [1.807, 2.05) is 10.6 Å². The number of carbonyl (C=O) groups excluding carboxylic acids is 8. The molecule has 3 aliphatic rings. The molecule has 0 bridgehead atoms. The standard InChI is InChI=1S/C56H71N9O23S.Na.2H2O/c1-4-5-6-17-86-32-14-11-28(12-15-32)39-21-33(63-87-39)27-7-9-29(10-8-27)49(75)58-34-20-38(70)52(78)62-54(80)45-46(72)25(2)23-65(45)56(82)43(37(69)22-41(57)71)60-53(79)44(48(74)47(73)30-13-16-36(68)40(18-30)88-89(83,84)85)61-51(77)35-19-31(67)24-64(35)55(81)42(26(3)66)59-50(34)76;;;/h7-16,18,21,25-26,31,34-35,37-38,42-48,52,66-70,72-74,78H,4-6,17,19-20,22-24H2,1-3H3,(H2,57,71)(H,58,75)(H,59,76)(H,60,79)(H,61,77)(H,62,80)(H,83,84,85);;2*1H2/q;+1;;/p-1/t25-,26+,31+,34-,35-,37+,38+,42-,43-,44-,45-,46-,47-,48-,52+;;;/m0.../s1. The number of primary amides is 1. The summed E-state index contributed by atoms with van der Waals surface area (Å²) < 4.78 is 49.9. The van der Waals surface area contributed by atoms with Crippen molar-refractivity contribution < 1.29 is 151 Å². The maximum Gasteiger partial charge on any atom is 1.00 e. The van der Waals surface area contributed by atoms with Crippen LogP contribution in [0.1, 0.15) is 81.3 Å². The molecule has 34 nitrogen and oxygen atoms in total. The molecule has 7 rings (SSSR count). The quantitative estimate of drug-likeness (QED) is 0.0190. The smallest absolute Gasteiger partial charge is 0.716 e. The Morgan fingerprint density at radius 2 is 1.41 bits per heavy atom. The third kappa shape index (κ3) is 19.1. The normalized spacial score (nSPS) is 25.6. The molecule has 0 aliphatic carbocycles. The summed E-state index contributed by atoms with van der Waals surface area (Å²) >= 11 is 0. The van der Waals surface area contributed by atoms with Gasteiger partial charge in [0.1, 0.15) is 66.0 Å². The van der Waals surface area contributed by atoms with E-state index in [0.717, 1.165) is 32.3 Å². The van der Waals surface area contributed by atoms with Crippen molar-refractivity contribution in [1.82, 2.24) is 41.5 Å². The van der Waals surface area contributed by atoms with Crippen LogP contribution in [-0.4, -0.2) is 231 Å². The number of phenolic OH excluding ortho intramolecular Hbond substituents is 1. The zero-order chi connectivity index (χ0) is 65.3. The predicted molar refractivity (Wildman–Crippen MR) is 309 cm³/mol. The number of nitrogens with two attached hydrogens (primary N) is 1. The molecular weight excluding hydrogens is 1250 g/mol. The predicted octanol–water partition coefficient (Wildman–Crippen LogP) is -8.89. The Labute approximate surface area is 547 Å². The molecule has 4 heterocycles. The summed E-state index contributed by atoms with van der Waals surface area (Å²) in [4.78, 5) is 115. The van der Waals surface area contributed by atoms with E-state index in [-0.39, 0.29) is 46.1 Å². The second-order valence-corrected chi connectivity index (χ2v) is 22.9. The first-order valence-electron chi connectivity index (χ1n) is 28.1. The van der Waals surface area contributed by atoms with Gasteiger partial charge in [-0.05, 0) is 67.4 Å². The van der Waals surface area contributed by atoms with E-state index in [4.69, 9.17) is 15.0 Å². The number of ether oxygens (including phenoxy) is 1. The van der Waals surface area contributed by atoms with Gasteiger partial charge in [0.15, 0.2) is 23.5 Å². The minimum atomic E-state index is -5.60. The molecule has 92 heavy (non-hydrogen) atoms. The summed E-state index contributed by atoms with van der Waals surface area (Å²) in [5.74, 6) is -13.0. The molecule has 8 amide bonds. The number of aromatic nitrogens is 1. The molecule has 4 aromatic rings. The zero-order valence-electron chi connectivity index (χ0n) is 50.0. The van der Waals surface area contributed by atoms with Gasteiger partial charge in [-0.3, -0.25) is 38.4 Å². The molecule has 20 N–H and O–H groups in total. The molecule has 3 fully saturated rings. The Kier molecular flexibility index (Phi) is 28.0. The van der Waals surface area contributed by atoms with Crippen molar-refractivity contribution in [3.63, 3.8) is 0 Å². The number of nitrogens with zero attached hydrogens (tertiary/aromatic N) is 3. The van der Waals surface area contributed by atoms with Crippen molar-refractivity contribution in [2.75, 3.05) is 19.7 Å². The molecule has 1 aromatic heterocycles. The van der Waals surface area contributed by atoms with Gasteiger partial charge < -0.3 is 117 Å². The van der Waals surface area contributed by atoms with Crippen LogP contribution in [0.25, 0.3) is 22.6 Å². The zero-order valence-corrected chi connectivity index (χ0v) is 52.8. The van der Waals surface area contributed by atoms with Gasteiger partial charge in [0.25, 0.3) is 16.3 Å². The van der Waals surface area contributed by atoms with Crippen LogP contribution < -0.4 is 70.8 Å². The van der Waals surface area contributed by atoms with E-state index in [1.54, 1.807) is 30.3 Å². The molecule has 0 spiro atoms. The number of hydrogen-bond acceptors (Lipinski definition) is 24. The summed E-state index contributed by atoms with van der Waals surface area (Å²) in [5.41, 5.74) is 6.13. The van der Waals surface area contributed by atoms with Gasteiger partial charge in [-0.1, -0.05) is 50.0 Å². The second-order valence-electron chi connectivity index (χ2n) is 21.9. The Balaban J connectivity index is 0.00000602. The van der Waals surface area contributed by atoms with Crippen LogP contribution in [0.4, 0.5) is 0 Å². The fourth-order valence-electron chi connectivity index (χ4n) is 10.3. The third-order valence-electron chi connectivity index (χ3n) is 15.2. The molecule has 0 radical (unpaired) electrons. The van der Waals surface area contributed by atoms with Crippen molar-refractivity contribution in [2.24, 2.45) is 11.7 Å². The topological polar surface area (TPSA) is 576 Å². The fraction of sp³-hybridized carbons (Fsp3) is 0.482. The number of aromatic hydroxyl groups is 1. The van der Waals surface area contributed by atoms with Crippen LogP contribution in [0.2, 0.25) is 0 Å². The Hall–Kier alpha value is -7.46. The van der Waals surface area contributed by atoms with Crippen molar-refractivity contribution in [3.05, 3.63) is 83.9 Å². The SMILES string of the molecule is CCCCCOc1ccc(-c2cc(-c3ccc(C(=O)N[C@H]4C[C@@H](O)[C@@H](O)NC(=O)[C@@H]5[C@@H](O)[C@@H](C)CN5C(=O)[C@H]([C@H](O)CC(N)=O)NC(=O)[C@H]([C@H](O)[C@@H](O)c5ccc(O)c(OS(=O)(=O)[O-])c5)NC(=O)[C@@H]5C[C@@H](O)CN5C(=O)[C@H]([C@@H](C)O)NC4=O)cc3)no2)cc1.O.O.[Na+]. The largest absolute Gasteiger partial charge is 1.00 e. The van der Waals surface area contributed by atoms with Gasteiger partial charge in [-0.15, -0.1) is 0 Å². The summed E-state index contributed by atoms with van der Waals surface area (Å²) in [6.07, 6.45) is -17.3. The van der Waals surface area contributed by atoms with Crippen molar-refractivity contribution in [1.29, 1.82) is 0 Å². The average Bonchev–Trinajstić information content (AvgIpc) is 1.79. The van der Waals surface area contributed by atoms with Gasteiger partial charge in [-0.25, -0.2) is 8.42 Å². The van der Waals surface area contributed by atoms with Crippen molar-refractivity contribution >= 4 is 57.7 Å². The Morgan fingerprint density at radius 3 is 2.03 bits per heavy atom. The number of benzene rings is 3. The molecule has 0 saturated carbocycles. The Bertz CT molecular complexity index is 3350. The Morgan fingerprint density at radius 1 is 0.793 bits per heavy atom. The number of unbranched alkanes of at least 4 members (excludes halogenated alkanes) is 2. The maximum atomic E-state index is 14.7. The summed E-state index contributed by atoms with van der Waals surface area (Å²) in [6, 6.07) is 3.38. The van der Waals surface area contributed by atoms with E-state index in [1.165, 1.54) is 31.2 Å². The van der Waals surface area contributed by atoms with E-state index in [9.17, 15) is 97.3 Å². The van der Waals surface area contributed by atoms with Gasteiger partial charge in [0, 0.05) is 54.6 Å². The summed E-state index contributed by atoms with van der Waals surface area (Å²) in [5, 5.41) is 116. The molecular formula is C56H74N9NaO25S. The van der Waals surface area contributed by atoms with Crippen LogP contribution in [0.15, 0.2) is 77.3 Å². The van der Waals surface area contributed by atoms with Gasteiger partial charge in [-0.2, -0.15) is 0 Å². The van der Waals surface area contributed by atoms with E-state index in [2.05, 4.69) is 32.2 Å². The monoisotopic (exact) mass is 1330 g/mol. The van der Waals surface area contributed by atoms with Crippen molar-refractivity contribution in [2.45, 2.75) is 145 Å². The molecule has 0 unspecified atom stereocenters. The molecule has 3 aliphatic heterocycles. The van der Waals surface area contributed by atoms with E-state index >= 15 is 0 Å². The number of phenols is 1.